The summed E-state index contributed by atoms with van der Waals surface area (Å²) in [5.74, 6) is 0. The Morgan fingerprint density at radius 2 is 2.29 bits per heavy atom. The van der Waals surface area contributed by atoms with E-state index in [2.05, 4.69) is 0 Å². The van der Waals surface area contributed by atoms with E-state index in [1.165, 1.54) is 12.8 Å². The first kappa shape index (κ1) is 12.0. The minimum absolute atomic E-state index is 0.168. The van der Waals surface area contributed by atoms with Gasteiger partial charge in [-0.05, 0) is 39.5 Å². The molecule has 0 aliphatic carbocycles. The van der Waals surface area contributed by atoms with E-state index >= 15 is 0 Å². The average Bonchev–Trinajstić information content (AvgIpc) is 2.63. The Bertz CT molecular complexity index is 144. The molecule has 3 nitrogen and oxygen atoms in total. The summed E-state index contributed by atoms with van der Waals surface area (Å²) in [5.41, 5.74) is 5.92. The number of rotatable bonds is 6. The van der Waals surface area contributed by atoms with Crippen LogP contribution in [0.1, 0.15) is 39.5 Å². The molecule has 0 amide bonds. The maximum absolute atomic E-state index is 5.92. The van der Waals surface area contributed by atoms with Crippen LogP contribution in [-0.4, -0.2) is 31.5 Å². The van der Waals surface area contributed by atoms with Crippen LogP contribution in [0, 0.1) is 0 Å². The molecule has 0 aromatic carbocycles. The van der Waals surface area contributed by atoms with E-state index in [1.807, 2.05) is 13.8 Å². The van der Waals surface area contributed by atoms with Crippen LogP contribution in [0.25, 0.3) is 0 Å². The molecule has 2 N–H and O–H groups in total. The first-order valence-electron chi connectivity index (χ1n) is 5.67. The Morgan fingerprint density at radius 1 is 1.50 bits per heavy atom. The number of nitrogens with two attached hydrogens (primary N) is 1. The lowest BCUT2D eigenvalue weighted by molar-refractivity contribution is 0.0592. The van der Waals surface area contributed by atoms with Crippen LogP contribution in [0.3, 0.4) is 0 Å². The number of ether oxygens (including phenoxy) is 2. The zero-order valence-corrected chi connectivity index (χ0v) is 9.37. The highest BCUT2D eigenvalue weighted by atomic mass is 16.5. The normalized spacial score (nSPS) is 24.4. The van der Waals surface area contributed by atoms with Gasteiger partial charge in [0.15, 0.2) is 0 Å². The Balaban J connectivity index is 1.99. The van der Waals surface area contributed by atoms with Crippen molar-refractivity contribution in [2.75, 3.05) is 13.2 Å². The van der Waals surface area contributed by atoms with Crippen molar-refractivity contribution in [3.05, 3.63) is 0 Å². The Kier molecular flexibility index (Phi) is 5.45. The maximum atomic E-state index is 5.92. The van der Waals surface area contributed by atoms with Crippen molar-refractivity contribution in [1.82, 2.24) is 0 Å². The van der Waals surface area contributed by atoms with Crippen molar-refractivity contribution in [1.29, 1.82) is 0 Å². The molecule has 0 aromatic heterocycles. The summed E-state index contributed by atoms with van der Waals surface area (Å²) >= 11 is 0. The van der Waals surface area contributed by atoms with Crippen molar-refractivity contribution >= 4 is 0 Å². The summed E-state index contributed by atoms with van der Waals surface area (Å²) in [5, 5.41) is 0. The third-order valence-electron chi connectivity index (χ3n) is 2.53. The lowest BCUT2D eigenvalue weighted by Crippen LogP contribution is -2.28. The third-order valence-corrected chi connectivity index (χ3v) is 2.53. The molecular weight excluding hydrogens is 178 g/mol. The van der Waals surface area contributed by atoms with E-state index in [4.69, 9.17) is 15.2 Å². The molecule has 3 heteroatoms. The fourth-order valence-electron chi connectivity index (χ4n) is 1.67. The van der Waals surface area contributed by atoms with Crippen LogP contribution in [0.2, 0.25) is 0 Å². The molecule has 84 valence electrons. The van der Waals surface area contributed by atoms with Gasteiger partial charge in [-0.2, -0.15) is 0 Å². The van der Waals surface area contributed by atoms with Gasteiger partial charge >= 0.3 is 0 Å². The zero-order valence-electron chi connectivity index (χ0n) is 9.37. The van der Waals surface area contributed by atoms with Crippen LogP contribution in [0.15, 0.2) is 0 Å². The highest BCUT2D eigenvalue weighted by Crippen LogP contribution is 2.17. The van der Waals surface area contributed by atoms with E-state index in [-0.39, 0.29) is 12.1 Å². The second kappa shape index (κ2) is 6.38. The molecule has 1 heterocycles. The van der Waals surface area contributed by atoms with Crippen LogP contribution in [0.5, 0.6) is 0 Å². The Morgan fingerprint density at radius 3 is 2.86 bits per heavy atom. The third kappa shape index (κ3) is 4.94. The minimum Gasteiger partial charge on any atom is -0.378 e. The molecule has 0 saturated carbocycles. The zero-order chi connectivity index (χ0) is 10.4. The Labute approximate surface area is 86.9 Å². The van der Waals surface area contributed by atoms with Gasteiger partial charge in [-0.15, -0.1) is 0 Å². The van der Waals surface area contributed by atoms with Gasteiger partial charge in [0.05, 0.1) is 18.8 Å². The average molecular weight is 201 g/mol. The van der Waals surface area contributed by atoms with Gasteiger partial charge in [0.25, 0.3) is 0 Å². The molecular formula is C11H23NO2. The van der Waals surface area contributed by atoms with Gasteiger partial charge < -0.3 is 15.2 Å². The lowest BCUT2D eigenvalue weighted by atomic mass is 10.1. The quantitative estimate of drug-likeness (QED) is 0.711. The molecule has 0 bridgehead atoms. The van der Waals surface area contributed by atoms with Gasteiger partial charge in [-0.1, -0.05) is 0 Å². The second-order valence-electron chi connectivity index (χ2n) is 4.35. The van der Waals surface area contributed by atoms with Crippen molar-refractivity contribution < 1.29 is 9.47 Å². The Hall–Kier alpha value is -0.120. The molecule has 1 fully saturated rings. The lowest BCUT2D eigenvalue weighted by Gasteiger charge is -2.16. The van der Waals surface area contributed by atoms with Crippen molar-refractivity contribution in [2.24, 2.45) is 5.73 Å². The first-order valence-corrected chi connectivity index (χ1v) is 5.67. The van der Waals surface area contributed by atoms with Gasteiger partial charge in [0.2, 0.25) is 0 Å². The van der Waals surface area contributed by atoms with E-state index < -0.39 is 0 Å². The molecule has 0 radical (unpaired) electrons. The second-order valence-corrected chi connectivity index (χ2v) is 4.35. The van der Waals surface area contributed by atoms with Crippen LogP contribution >= 0.6 is 0 Å². The fourth-order valence-corrected chi connectivity index (χ4v) is 1.67. The molecule has 1 rings (SSSR count). The summed E-state index contributed by atoms with van der Waals surface area (Å²) in [6.45, 7) is 5.67. The van der Waals surface area contributed by atoms with E-state index in [0.717, 1.165) is 19.4 Å². The van der Waals surface area contributed by atoms with Gasteiger partial charge in [-0.25, -0.2) is 0 Å². The first-order chi connectivity index (χ1) is 6.68. The van der Waals surface area contributed by atoms with Crippen molar-refractivity contribution in [3.8, 4) is 0 Å². The highest BCUT2D eigenvalue weighted by molar-refractivity contribution is 4.69. The summed E-state index contributed by atoms with van der Waals surface area (Å²) in [7, 11) is 0. The molecule has 0 aromatic rings. The largest absolute Gasteiger partial charge is 0.378 e. The summed E-state index contributed by atoms with van der Waals surface area (Å²) in [4.78, 5) is 0. The molecule has 2 unspecified atom stereocenters. The summed E-state index contributed by atoms with van der Waals surface area (Å²) in [6, 6.07) is 0.168. The minimum atomic E-state index is 0.168. The number of hydrogen-bond acceptors (Lipinski definition) is 3. The van der Waals surface area contributed by atoms with E-state index in [9.17, 15) is 0 Å². The van der Waals surface area contributed by atoms with Crippen molar-refractivity contribution in [2.45, 2.75) is 57.8 Å². The predicted molar refractivity (Wildman–Crippen MR) is 57.3 cm³/mol. The topological polar surface area (TPSA) is 44.5 Å². The fraction of sp³-hybridized carbons (Fsp3) is 1.00. The predicted octanol–water partition coefficient (Wildman–Crippen LogP) is 1.70. The van der Waals surface area contributed by atoms with Crippen LogP contribution in [-0.2, 0) is 9.47 Å². The van der Waals surface area contributed by atoms with E-state index in [1.54, 1.807) is 0 Å². The van der Waals surface area contributed by atoms with Crippen molar-refractivity contribution in [3.63, 3.8) is 0 Å². The van der Waals surface area contributed by atoms with Gasteiger partial charge in [0.1, 0.15) is 0 Å². The standard InChI is InChI=1S/C11H23NO2/c1-9(2)14-8-10(12)5-6-11-4-3-7-13-11/h9-11H,3-8,12H2,1-2H3. The maximum Gasteiger partial charge on any atom is 0.0620 e. The van der Waals surface area contributed by atoms with Gasteiger partial charge in [0, 0.05) is 12.6 Å². The SMILES string of the molecule is CC(C)OCC(N)CCC1CCCO1. The smallest absolute Gasteiger partial charge is 0.0620 e. The van der Waals surface area contributed by atoms with Crippen LogP contribution < -0.4 is 5.73 Å². The number of hydrogen-bond donors (Lipinski definition) is 1. The molecule has 1 aliphatic rings. The molecule has 0 spiro atoms. The molecule has 1 aliphatic heterocycles. The summed E-state index contributed by atoms with van der Waals surface area (Å²) in [6.07, 6.45) is 5.25. The molecule has 2 atom stereocenters. The highest BCUT2D eigenvalue weighted by Gasteiger charge is 2.16. The summed E-state index contributed by atoms with van der Waals surface area (Å²) < 4.78 is 11.0. The van der Waals surface area contributed by atoms with Gasteiger partial charge in [-0.3, -0.25) is 0 Å². The molecule has 14 heavy (non-hydrogen) atoms. The molecule has 1 saturated heterocycles. The monoisotopic (exact) mass is 201 g/mol. The van der Waals surface area contributed by atoms with Crippen LogP contribution in [0.4, 0.5) is 0 Å². The van der Waals surface area contributed by atoms with E-state index in [0.29, 0.717) is 12.7 Å².